The summed E-state index contributed by atoms with van der Waals surface area (Å²) in [6, 6.07) is 3.15. The Morgan fingerprint density at radius 2 is 1.94 bits per heavy atom. The number of carbonyl (C=O) groups is 1. The van der Waals surface area contributed by atoms with E-state index in [2.05, 4.69) is 4.74 Å². The van der Waals surface area contributed by atoms with E-state index in [1.807, 2.05) is 0 Å². The number of rotatable bonds is 3. The lowest BCUT2D eigenvalue weighted by Gasteiger charge is -2.22. The molecule has 0 bridgehead atoms. The summed E-state index contributed by atoms with van der Waals surface area (Å²) in [5, 5.41) is 4.88. The largest absolute Gasteiger partial charge is 0.468 e. The monoisotopic (exact) mass is 275 g/mol. The van der Waals surface area contributed by atoms with Gasteiger partial charge in [-0.3, -0.25) is 4.79 Å². The second-order valence-corrected chi connectivity index (χ2v) is 5.86. The van der Waals surface area contributed by atoms with Gasteiger partial charge in [0.1, 0.15) is 5.82 Å². The predicted octanol–water partition coefficient (Wildman–Crippen LogP) is 0.924. The first-order valence-electron chi connectivity index (χ1n) is 5.02. The molecule has 2 N–H and O–H groups in total. The molecule has 18 heavy (non-hydrogen) atoms. The van der Waals surface area contributed by atoms with Crippen molar-refractivity contribution >= 4 is 16.0 Å². The Labute approximate surface area is 105 Å². The van der Waals surface area contributed by atoms with Crippen molar-refractivity contribution < 1.29 is 22.3 Å². The van der Waals surface area contributed by atoms with E-state index in [9.17, 15) is 17.6 Å². The molecule has 0 saturated carbocycles. The smallest absolute Gasteiger partial charge is 0.315 e. The first-order valence-corrected chi connectivity index (χ1v) is 6.56. The number of halogens is 1. The standard InChI is InChI=1S/C11H14FNO4S/c1-11(2,10(14)17-3)8-5-4-7(6-9(8)12)18(13,15)16/h4-6H,1-3H3,(H2,13,15,16). The summed E-state index contributed by atoms with van der Waals surface area (Å²) in [7, 11) is -2.77. The molecule has 0 aliphatic rings. The second kappa shape index (κ2) is 4.66. The number of carbonyl (C=O) groups excluding carboxylic acids is 1. The van der Waals surface area contributed by atoms with E-state index in [0.29, 0.717) is 0 Å². The Balaban J connectivity index is 3.35. The molecular weight excluding hydrogens is 261 g/mol. The molecule has 1 aromatic carbocycles. The summed E-state index contributed by atoms with van der Waals surface area (Å²) in [6.45, 7) is 2.96. The van der Waals surface area contributed by atoms with Gasteiger partial charge in [0.2, 0.25) is 10.0 Å². The third-order valence-corrected chi connectivity index (χ3v) is 3.55. The van der Waals surface area contributed by atoms with Crippen molar-refractivity contribution in [2.45, 2.75) is 24.2 Å². The van der Waals surface area contributed by atoms with Crippen LogP contribution in [-0.4, -0.2) is 21.5 Å². The highest BCUT2D eigenvalue weighted by Crippen LogP contribution is 2.28. The number of hydrogen-bond donors (Lipinski definition) is 1. The predicted molar refractivity (Wildman–Crippen MR) is 62.8 cm³/mol. The zero-order valence-electron chi connectivity index (χ0n) is 10.2. The minimum atomic E-state index is -3.97. The fourth-order valence-electron chi connectivity index (χ4n) is 1.54. The van der Waals surface area contributed by atoms with Crippen LogP contribution in [0.5, 0.6) is 0 Å². The van der Waals surface area contributed by atoms with Crippen molar-refractivity contribution in [3.63, 3.8) is 0 Å². The SMILES string of the molecule is COC(=O)C(C)(C)c1ccc(S(N)(=O)=O)cc1F. The van der Waals surface area contributed by atoms with E-state index in [1.165, 1.54) is 27.0 Å². The molecule has 0 radical (unpaired) electrons. The van der Waals surface area contributed by atoms with Gasteiger partial charge in [0.15, 0.2) is 0 Å². The van der Waals surface area contributed by atoms with E-state index in [-0.39, 0.29) is 10.5 Å². The van der Waals surface area contributed by atoms with E-state index in [4.69, 9.17) is 5.14 Å². The number of sulfonamides is 1. The molecule has 0 heterocycles. The highest BCUT2D eigenvalue weighted by atomic mass is 32.2. The molecule has 0 aliphatic carbocycles. The maximum absolute atomic E-state index is 13.8. The van der Waals surface area contributed by atoms with Crippen molar-refractivity contribution in [3.05, 3.63) is 29.6 Å². The molecular formula is C11H14FNO4S. The van der Waals surface area contributed by atoms with Gasteiger partial charge >= 0.3 is 5.97 Å². The molecule has 0 aromatic heterocycles. The maximum Gasteiger partial charge on any atom is 0.315 e. The Bertz CT molecular complexity index is 581. The summed E-state index contributed by atoms with van der Waals surface area (Å²) in [6.07, 6.45) is 0. The normalized spacial score (nSPS) is 12.3. The van der Waals surface area contributed by atoms with Gasteiger partial charge < -0.3 is 4.74 Å². The molecule has 0 atom stereocenters. The summed E-state index contributed by atoms with van der Waals surface area (Å²) >= 11 is 0. The molecule has 1 aromatic rings. The number of primary sulfonamides is 1. The van der Waals surface area contributed by atoms with Gasteiger partial charge in [0.05, 0.1) is 17.4 Å². The van der Waals surface area contributed by atoms with E-state index >= 15 is 0 Å². The highest BCUT2D eigenvalue weighted by Gasteiger charge is 2.33. The Hall–Kier alpha value is -1.47. The molecule has 0 saturated heterocycles. The average Bonchev–Trinajstić information content (AvgIpc) is 2.26. The number of hydrogen-bond acceptors (Lipinski definition) is 4. The summed E-state index contributed by atoms with van der Waals surface area (Å²) < 4.78 is 40.5. The minimum absolute atomic E-state index is 0.0433. The third-order valence-electron chi connectivity index (χ3n) is 2.64. The van der Waals surface area contributed by atoms with Gasteiger partial charge in [-0.05, 0) is 26.0 Å². The van der Waals surface area contributed by atoms with E-state index < -0.39 is 27.2 Å². The maximum atomic E-state index is 13.8. The van der Waals surface area contributed by atoms with Gasteiger partial charge in [-0.25, -0.2) is 17.9 Å². The fourth-order valence-corrected chi connectivity index (χ4v) is 2.07. The van der Waals surface area contributed by atoms with Crippen molar-refractivity contribution in [1.82, 2.24) is 0 Å². The van der Waals surface area contributed by atoms with Crippen molar-refractivity contribution in [3.8, 4) is 0 Å². The van der Waals surface area contributed by atoms with Crippen molar-refractivity contribution in [1.29, 1.82) is 0 Å². The summed E-state index contributed by atoms with van der Waals surface area (Å²) in [4.78, 5) is 11.2. The van der Waals surface area contributed by atoms with E-state index in [0.717, 1.165) is 12.1 Å². The lowest BCUT2D eigenvalue weighted by Crippen LogP contribution is -2.31. The van der Waals surface area contributed by atoms with Crippen LogP contribution in [0, 0.1) is 5.82 Å². The van der Waals surface area contributed by atoms with Crippen molar-refractivity contribution in [2.24, 2.45) is 5.14 Å². The van der Waals surface area contributed by atoms with Crippen LogP contribution in [-0.2, 0) is 25.0 Å². The molecule has 0 unspecified atom stereocenters. The zero-order valence-corrected chi connectivity index (χ0v) is 11.0. The molecule has 7 heteroatoms. The lowest BCUT2D eigenvalue weighted by molar-refractivity contribution is -0.146. The lowest BCUT2D eigenvalue weighted by atomic mass is 9.84. The topological polar surface area (TPSA) is 86.5 Å². The van der Waals surface area contributed by atoms with Gasteiger partial charge in [-0.15, -0.1) is 0 Å². The van der Waals surface area contributed by atoms with Gasteiger partial charge in [-0.1, -0.05) is 6.07 Å². The quantitative estimate of drug-likeness (QED) is 0.831. The van der Waals surface area contributed by atoms with Crippen LogP contribution >= 0.6 is 0 Å². The molecule has 0 amide bonds. The first kappa shape index (κ1) is 14.6. The summed E-state index contributed by atoms with van der Waals surface area (Å²) in [5.41, 5.74) is -1.17. The van der Waals surface area contributed by atoms with Crippen LogP contribution in [0.4, 0.5) is 4.39 Å². The van der Waals surface area contributed by atoms with Gasteiger partial charge in [-0.2, -0.15) is 0 Å². The number of nitrogens with two attached hydrogens (primary N) is 1. The third kappa shape index (κ3) is 2.68. The Morgan fingerprint density at radius 1 is 1.39 bits per heavy atom. The average molecular weight is 275 g/mol. The number of esters is 1. The van der Waals surface area contributed by atoms with Crippen LogP contribution in [0.1, 0.15) is 19.4 Å². The van der Waals surface area contributed by atoms with Gasteiger partial charge in [0, 0.05) is 5.56 Å². The molecule has 0 fully saturated rings. The minimum Gasteiger partial charge on any atom is -0.468 e. The van der Waals surface area contributed by atoms with Crippen molar-refractivity contribution in [2.75, 3.05) is 7.11 Å². The number of benzene rings is 1. The molecule has 100 valence electrons. The number of methoxy groups -OCH3 is 1. The molecule has 5 nitrogen and oxygen atoms in total. The van der Waals surface area contributed by atoms with E-state index in [1.54, 1.807) is 0 Å². The Morgan fingerprint density at radius 3 is 2.33 bits per heavy atom. The fraction of sp³-hybridized carbons (Fsp3) is 0.364. The zero-order chi connectivity index (χ0) is 14.1. The highest BCUT2D eigenvalue weighted by molar-refractivity contribution is 7.89. The molecule has 0 spiro atoms. The molecule has 1 rings (SSSR count). The Kier molecular flexibility index (Phi) is 3.78. The molecule has 0 aliphatic heterocycles. The van der Waals surface area contributed by atoms with Crippen LogP contribution < -0.4 is 5.14 Å². The van der Waals surface area contributed by atoms with Crippen LogP contribution in [0.25, 0.3) is 0 Å². The summed E-state index contributed by atoms with van der Waals surface area (Å²) in [5.74, 6) is -1.44. The first-order chi connectivity index (χ1) is 8.10. The van der Waals surface area contributed by atoms with Crippen LogP contribution in [0.3, 0.4) is 0 Å². The van der Waals surface area contributed by atoms with Gasteiger partial charge in [0.25, 0.3) is 0 Å². The number of ether oxygens (including phenoxy) is 1. The van der Waals surface area contributed by atoms with Crippen LogP contribution in [0.2, 0.25) is 0 Å². The second-order valence-electron chi connectivity index (χ2n) is 4.30. The van der Waals surface area contributed by atoms with Crippen LogP contribution in [0.15, 0.2) is 23.1 Å².